The van der Waals surface area contributed by atoms with Crippen LogP contribution < -0.4 is 4.57 Å². The Balaban J connectivity index is 2.24. The number of hydrogen-bond acceptors (Lipinski definition) is 2. The van der Waals surface area contributed by atoms with E-state index >= 15 is 0 Å². The standard InChI is InChI=1S/C11H10N2O/c14-11-4-2-1-3-10(11)9-13-7-5-12-6-8-13/h1-8H,9H2/p+1. The maximum Gasteiger partial charge on any atom is 0.187 e. The zero-order chi connectivity index (χ0) is 9.80. The largest absolute Gasteiger partial charge is 0.507 e. The van der Waals surface area contributed by atoms with Crippen molar-refractivity contribution in [3.05, 3.63) is 54.6 Å². The molecule has 0 aliphatic rings. The van der Waals surface area contributed by atoms with Gasteiger partial charge in [0.15, 0.2) is 18.9 Å². The summed E-state index contributed by atoms with van der Waals surface area (Å²) in [5, 5.41) is 9.54. The molecule has 1 heterocycles. The van der Waals surface area contributed by atoms with Gasteiger partial charge < -0.3 is 5.11 Å². The summed E-state index contributed by atoms with van der Waals surface area (Å²) in [6, 6.07) is 7.33. The Labute approximate surface area is 82.3 Å². The summed E-state index contributed by atoms with van der Waals surface area (Å²) in [5.74, 6) is 0.330. The van der Waals surface area contributed by atoms with Gasteiger partial charge in [-0.05, 0) is 12.1 Å². The predicted molar refractivity (Wildman–Crippen MR) is 51.6 cm³/mol. The minimum atomic E-state index is 0.330. The Bertz CT molecular complexity index is 415. The lowest BCUT2D eigenvalue weighted by Crippen LogP contribution is -2.33. The first-order valence-corrected chi connectivity index (χ1v) is 4.42. The van der Waals surface area contributed by atoms with Crippen LogP contribution in [0.5, 0.6) is 5.75 Å². The maximum absolute atomic E-state index is 9.54. The SMILES string of the molecule is Oc1ccccc1C[n+]1ccncc1. The summed E-state index contributed by atoms with van der Waals surface area (Å²) in [7, 11) is 0. The lowest BCUT2D eigenvalue weighted by molar-refractivity contribution is -0.688. The molecule has 3 heteroatoms. The van der Waals surface area contributed by atoms with E-state index in [0.29, 0.717) is 12.3 Å². The van der Waals surface area contributed by atoms with Gasteiger partial charge in [0.1, 0.15) is 5.75 Å². The van der Waals surface area contributed by atoms with Crippen LogP contribution in [0.15, 0.2) is 49.1 Å². The van der Waals surface area contributed by atoms with E-state index in [-0.39, 0.29) is 0 Å². The van der Waals surface area contributed by atoms with Crippen molar-refractivity contribution in [3.8, 4) is 5.75 Å². The van der Waals surface area contributed by atoms with Crippen LogP contribution in [0.2, 0.25) is 0 Å². The lowest BCUT2D eigenvalue weighted by atomic mass is 10.2. The third kappa shape index (κ3) is 1.88. The smallest absolute Gasteiger partial charge is 0.187 e. The van der Waals surface area contributed by atoms with Crippen LogP contribution in [0.4, 0.5) is 0 Å². The quantitative estimate of drug-likeness (QED) is 0.715. The number of hydrogen-bond donors (Lipinski definition) is 1. The van der Waals surface area contributed by atoms with Gasteiger partial charge >= 0.3 is 0 Å². The lowest BCUT2D eigenvalue weighted by Gasteiger charge is -1.99. The highest BCUT2D eigenvalue weighted by Crippen LogP contribution is 2.14. The number of rotatable bonds is 2. The van der Waals surface area contributed by atoms with E-state index in [1.54, 1.807) is 18.5 Å². The second-order valence-electron chi connectivity index (χ2n) is 3.05. The van der Waals surface area contributed by atoms with Crippen LogP contribution >= 0.6 is 0 Å². The Kier molecular flexibility index (Phi) is 2.40. The number of phenolic OH excluding ortho intramolecular Hbond substituents is 1. The molecule has 0 aliphatic heterocycles. The van der Waals surface area contributed by atoms with E-state index in [4.69, 9.17) is 0 Å². The van der Waals surface area contributed by atoms with Gasteiger partial charge in [0.25, 0.3) is 0 Å². The summed E-state index contributed by atoms with van der Waals surface area (Å²) >= 11 is 0. The molecule has 2 rings (SSSR count). The molecule has 0 aliphatic carbocycles. The molecule has 2 aromatic rings. The first kappa shape index (κ1) is 8.69. The first-order chi connectivity index (χ1) is 6.86. The van der Waals surface area contributed by atoms with Crippen molar-refractivity contribution < 1.29 is 9.67 Å². The molecular formula is C11H11N2O+. The van der Waals surface area contributed by atoms with Crippen molar-refractivity contribution in [2.45, 2.75) is 6.54 Å². The number of para-hydroxylation sites is 1. The second kappa shape index (κ2) is 3.87. The van der Waals surface area contributed by atoms with Crippen LogP contribution in [-0.4, -0.2) is 10.1 Å². The van der Waals surface area contributed by atoms with Gasteiger partial charge in [-0.25, -0.2) is 0 Å². The molecule has 0 fully saturated rings. The average Bonchev–Trinajstić information content (AvgIpc) is 2.23. The normalized spacial score (nSPS) is 10.0. The van der Waals surface area contributed by atoms with E-state index in [1.807, 2.05) is 35.2 Å². The topological polar surface area (TPSA) is 37.0 Å². The molecule has 14 heavy (non-hydrogen) atoms. The maximum atomic E-state index is 9.54. The van der Waals surface area contributed by atoms with Gasteiger partial charge in [0.05, 0.1) is 18.0 Å². The van der Waals surface area contributed by atoms with Gasteiger partial charge in [-0.3, -0.25) is 4.98 Å². The van der Waals surface area contributed by atoms with Crippen molar-refractivity contribution in [1.82, 2.24) is 4.98 Å². The monoisotopic (exact) mass is 187 g/mol. The van der Waals surface area contributed by atoms with Gasteiger partial charge in [-0.15, -0.1) is 0 Å². The molecule has 3 nitrogen and oxygen atoms in total. The minimum Gasteiger partial charge on any atom is -0.507 e. The zero-order valence-electron chi connectivity index (χ0n) is 7.67. The van der Waals surface area contributed by atoms with Gasteiger partial charge in [0, 0.05) is 0 Å². The van der Waals surface area contributed by atoms with Gasteiger partial charge in [-0.2, -0.15) is 4.57 Å². The van der Waals surface area contributed by atoms with E-state index in [9.17, 15) is 5.11 Å². The molecule has 1 N–H and O–H groups in total. The summed E-state index contributed by atoms with van der Waals surface area (Å²) in [4.78, 5) is 3.93. The number of aromatic nitrogens is 2. The summed E-state index contributed by atoms with van der Waals surface area (Å²) in [6.45, 7) is 0.662. The van der Waals surface area contributed by atoms with Crippen molar-refractivity contribution in [1.29, 1.82) is 0 Å². The number of nitrogens with zero attached hydrogens (tertiary/aromatic N) is 2. The predicted octanol–water partition coefficient (Wildman–Crippen LogP) is 1.12. The summed E-state index contributed by atoms with van der Waals surface area (Å²) in [5.41, 5.74) is 0.906. The molecule has 1 aromatic carbocycles. The van der Waals surface area contributed by atoms with Crippen LogP contribution in [0.3, 0.4) is 0 Å². The molecule has 0 amide bonds. The number of aromatic hydroxyl groups is 1. The number of phenols is 1. The zero-order valence-corrected chi connectivity index (χ0v) is 7.67. The molecule has 0 spiro atoms. The van der Waals surface area contributed by atoms with E-state index in [1.165, 1.54) is 0 Å². The van der Waals surface area contributed by atoms with Crippen molar-refractivity contribution >= 4 is 0 Å². The fraction of sp³-hybridized carbons (Fsp3) is 0.0909. The van der Waals surface area contributed by atoms with E-state index in [0.717, 1.165) is 5.56 Å². The van der Waals surface area contributed by atoms with E-state index in [2.05, 4.69) is 4.98 Å². The number of benzene rings is 1. The van der Waals surface area contributed by atoms with Gasteiger partial charge in [0.2, 0.25) is 0 Å². The molecule has 0 unspecified atom stereocenters. The summed E-state index contributed by atoms with van der Waals surface area (Å²) < 4.78 is 1.96. The molecule has 0 atom stereocenters. The Hall–Kier alpha value is -1.90. The molecule has 0 radical (unpaired) electrons. The molecular weight excluding hydrogens is 176 g/mol. The highest BCUT2D eigenvalue weighted by atomic mass is 16.3. The van der Waals surface area contributed by atoms with Crippen LogP contribution in [-0.2, 0) is 6.54 Å². The van der Waals surface area contributed by atoms with Crippen molar-refractivity contribution in [3.63, 3.8) is 0 Å². The molecule has 1 aromatic heterocycles. The highest BCUT2D eigenvalue weighted by Gasteiger charge is 2.04. The highest BCUT2D eigenvalue weighted by molar-refractivity contribution is 5.30. The van der Waals surface area contributed by atoms with Crippen molar-refractivity contribution in [2.24, 2.45) is 0 Å². The van der Waals surface area contributed by atoms with Crippen molar-refractivity contribution in [2.75, 3.05) is 0 Å². The third-order valence-corrected chi connectivity index (χ3v) is 2.03. The van der Waals surface area contributed by atoms with Gasteiger partial charge in [-0.1, -0.05) is 12.1 Å². The Morgan fingerprint density at radius 1 is 1.14 bits per heavy atom. The Morgan fingerprint density at radius 3 is 2.57 bits per heavy atom. The average molecular weight is 187 g/mol. The fourth-order valence-electron chi connectivity index (χ4n) is 1.29. The second-order valence-corrected chi connectivity index (χ2v) is 3.05. The van der Waals surface area contributed by atoms with Crippen LogP contribution in [0.1, 0.15) is 5.56 Å². The summed E-state index contributed by atoms with van der Waals surface area (Å²) in [6.07, 6.45) is 7.18. The molecule has 70 valence electrons. The van der Waals surface area contributed by atoms with E-state index < -0.39 is 0 Å². The fourth-order valence-corrected chi connectivity index (χ4v) is 1.29. The molecule has 0 bridgehead atoms. The first-order valence-electron chi connectivity index (χ1n) is 4.42. The molecule has 0 saturated heterocycles. The Morgan fingerprint density at radius 2 is 1.86 bits per heavy atom. The van der Waals surface area contributed by atoms with Crippen LogP contribution in [0.25, 0.3) is 0 Å². The molecule has 0 saturated carbocycles. The minimum absolute atomic E-state index is 0.330. The third-order valence-electron chi connectivity index (χ3n) is 2.03. The van der Waals surface area contributed by atoms with Crippen LogP contribution in [0, 0.1) is 0 Å².